The van der Waals surface area contributed by atoms with Gasteiger partial charge in [-0.05, 0) is 65.3 Å². The van der Waals surface area contributed by atoms with E-state index in [1.165, 1.54) is 0 Å². The predicted molar refractivity (Wildman–Crippen MR) is 136 cm³/mol. The van der Waals surface area contributed by atoms with Gasteiger partial charge < -0.3 is 15.8 Å². The first-order chi connectivity index (χ1) is 15.0. The first-order valence-corrected chi connectivity index (χ1v) is 11.6. The van der Waals surface area contributed by atoms with Crippen LogP contribution >= 0.6 is 24.2 Å². The third kappa shape index (κ3) is 5.44. The topological polar surface area (TPSA) is 88.2 Å². The van der Waals surface area contributed by atoms with Crippen LogP contribution in [-0.4, -0.2) is 29.5 Å². The van der Waals surface area contributed by atoms with Gasteiger partial charge in [-0.15, -0.1) is 24.2 Å². The second kappa shape index (κ2) is 10.9. The molecule has 0 saturated carbocycles. The van der Waals surface area contributed by atoms with Crippen LogP contribution in [0.15, 0.2) is 60.7 Å². The van der Waals surface area contributed by atoms with Crippen LogP contribution < -0.4 is 11.1 Å². The van der Waals surface area contributed by atoms with Crippen LogP contribution in [0.2, 0.25) is 0 Å². The third-order valence-corrected chi connectivity index (χ3v) is 6.84. The lowest BCUT2D eigenvalue weighted by Crippen LogP contribution is -2.14. The van der Waals surface area contributed by atoms with Gasteiger partial charge in [-0.1, -0.05) is 37.3 Å². The Balaban J connectivity index is 0.00000289. The predicted octanol–water partition coefficient (Wildman–Crippen LogP) is 5.77. The molecule has 2 atom stereocenters. The Morgan fingerprint density at radius 2 is 1.94 bits per heavy atom. The lowest BCUT2D eigenvalue weighted by molar-refractivity contribution is 0.102. The van der Waals surface area contributed by atoms with Gasteiger partial charge in [-0.25, -0.2) is 0 Å². The van der Waals surface area contributed by atoms with Gasteiger partial charge in [-0.3, -0.25) is 10.2 Å². The van der Waals surface area contributed by atoms with Crippen molar-refractivity contribution in [3.8, 4) is 0 Å². The van der Waals surface area contributed by atoms with E-state index in [2.05, 4.69) is 12.2 Å². The van der Waals surface area contributed by atoms with E-state index in [1.807, 2.05) is 72.4 Å². The molecule has 1 aliphatic rings. The summed E-state index contributed by atoms with van der Waals surface area (Å²) < 4.78 is 6.04. The van der Waals surface area contributed by atoms with E-state index in [4.69, 9.17) is 15.9 Å². The second-order valence-corrected chi connectivity index (χ2v) is 9.07. The zero-order chi connectivity index (χ0) is 21.8. The first kappa shape index (κ1) is 24.1. The fourth-order valence-electron chi connectivity index (χ4n) is 3.92. The summed E-state index contributed by atoms with van der Waals surface area (Å²) in [6.07, 6.45) is 2.03. The molecule has 7 heteroatoms. The summed E-state index contributed by atoms with van der Waals surface area (Å²) in [6, 6.07) is 19.1. The van der Waals surface area contributed by atoms with Crippen molar-refractivity contribution in [1.29, 1.82) is 5.41 Å². The summed E-state index contributed by atoms with van der Waals surface area (Å²) in [4.78, 5) is 13.0. The molecule has 32 heavy (non-hydrogen) atoms. The number of ether oxygens (including phenoxy) is 1. The Bertz CT molecular complexity index is 1110. The molecule has 0 aromatic heterocycles. The number of nitrogens with two attached hydrogens (primary N) is 1. The number of nitrogens with one attached hydrogen (secondary N) is 2. The summed E-state index contributed by atoms with van der Waals surface area (Å²) in [6.45, 7) is 2.80. The number of halogens is 1. The maximum atomic E-state index is 13.0. The van der Waals surface area contributed by atoms with E-state index in [0.29, 0.717) is 17.7 Å². The Kier molecular flexibility index (Phi) is 8.18. The number of anilines is 1. The normalized spacial score (nSPS) is 17.7. The van der Waals surface area contributed by atoms with Gasteiger partial charge in [-0.2, -0.15) is 0 Å². The Morgan fingerprint density at radius 1 is 1.16 bits per heavy atom. The Hall–Kier alpha value is -2.54. The van der Waals surface area contributed by atoms with E-state index >= 15 is 0 Å². The fraction of sp³-hybridized carbons (Fsp3) is 0.280. The number of carbonyl (C=O) groups is 1. The molecule has 3 aromatic rings. The van der Waals surface area contributed by atoms with Crippen molar-refractivity contribution in [1.82, 2.24) is 0 Å². The molecule has 3 aromatic carbocycles. The van der Waals surface area contributed by atoms with Crippen molar-refractivity contribution in [2.45, 2.75) is 31.1 Å². The van der Waals surface area contributed by atoms with Crippen molar-refractivity contribution in [2.75, 3.05) is 17.7 Å². The van der Waals surface area contributed by atoms with Crippen LogP contribution in [0, 0.1) is 5.41 Å². The highest BCUT2D eigenvalue weighted by Crippen LogP contribution is 2.38. The zero-order valence-corrected chi connectivity index (χ0v) is 19.6. The quantitative estimate of drug-likeness (QED) is 0.302. The number of rotatable bonds is 7. The minimum absolute atomic E-state index is 0. The number of benzene rings is 3. The molecule has 0 bridgehead atoms. The van der Waals surface area contributed by atoms with Crippen molar-refractivity contribution >= 4 is 52.4 Å². The van der Waals surface area contributed by atoms with E-state index in [-0.39, 0.29) is 35.5 Å². The number of thioether (sulfide) groups is 1. The van der Waals surface area contributed by atoms with Gasteiger partial charge in [0.05, 0.1) is 6.61 Å². The largest absolute Gasteiger partial charge is 0.384 e. The number of carbonyl (C=O) groups excluding carboxylic acids is 1. The molecule has 0 radical (unpaired) electrons. The average molecular weight is 470 g/mol. The van der Waals surface area contributed by atoms with Crippen LogP contribution in [0.3, 0.4) is 0 Å². The zero-order valence-electron chi connectivity index (χ0n) is 18.0. The summed E-state index contributed by atoms with van der Waals surface area (Å²) in [5, 5.41) is 12.8. The van der Waals surface area contributed by atoms with E-state index in [1.54, 1.807) is 0 Å². The van der Waals surface area contributed by atoms with Crippen LogP contribution in [0.5, 0.6) is 0 Å². The molecule has 1 amide bonds. The van der Waals surface area contributed by atoms with Crippen LogP contribution in [0.25, 0.3) is 10.8 Å². The number of hydrogen-bond acceptors (Lipinski definition) is 4. The SMILES string of the molecule is CCCSC1CC(c2cc(C(=O)Nc3ccccc3)cc3ccc(C(=N)N)cc23)CO1.Cl. The molecule has 0 spiro atoms. The van der Waals surface area contributed by atoms with Gasteiger partial charge in [0.2, 0.25) is 0 Å². The summed E-state index contributed by atoms with van der Waals surface area (Å²) >= 11 is 1.85. The monoisotopic (exact) mass is 469 g/mol. The maximum Gasteiger partial charge on any atom is 0.255 e. The molecular formula is C25H28ClN3O2S. The van der Waals surface area contributed by atoms with E-state index in [9.17, 15) is 4.79 Å². The molecule has 4 rings (SSSR count). The Morgan fingerprint density at radius 3 is 2.66 bits per heavy atom. The van der Waals surface area contributed by atoms with Crippen LogP contribution in [0.1, 0.15) is 47.2 Å². The maximum absolute atomic E-state index is 13.0. The number of amidine groups is 1. The molecule has 1 aliphatic heterocycles. The van der Waals surface area contributed by atoms with Gasteiger partial charge in [0.25, 0.3) is 5.91 Å². The highest BCUT2D eigenvalue weighted by molar-refractivity contribution is 7.99. The van der Waals surface area contributed by atoms with Crippen molar-refractivity contribution in [3.05, 3.63) is 77.4 Å². The standard InChI is InChI=1S/C25H27N3O2S.ClH/c1-2-10-31-23-14-19(15-30-23)22-13-18(25(29)28-20-6-4-3-5-7-20)11-16-8-9-17(24(26)27)12-21(16)22;/h3-9,11-13,19,23H,2,10,14-15H2,1H3,(H3,26,27)(H,28,29);1H. The molecule has 0 aliphatic carbocycles. The molecule has 1 fully saturated rings. The highest BCUT2D eigenvalue weighted by atomic mass is 35.5. The van der Waals surface area contributed by atoms with Crippen molar-refractivity contribution < 1.29 is 9.53 Å². The Labute approximate surface area is 199 Å². The molecule has 1 saturated heterocycles. The molecule has 1 heterocycles. The van der Waals surface area contributed by atoms with Crippen LogP contribution in [0.4, 0.5) is 5.69 Å². The number of amides is 1. The molecular weight excluding hydrogens is 442 g/mol. The number of nitrogen functional groups attached to an aromatic ring is 1. The number of fused-ring (bicyclic) bond motifs is 1. The summed E-state index contributed by atoms with van der Waals surface area (Å²) in [5.74, 6) is 1.17. The van der Waals surface area contributed by atoms with Gasteiger partial charge in [0.15, 0.2) is 0 Å². The lowest BCUT2D eigenvalue weighted by Gasteiger charge is -2.16. The minimum Gasteiger partial charge on any atom is -0.384 e. The van der Waals surface area contributed by atoms with Crippen molar-refractivity contribution in [2.24, 2.45) is 5.73 Å². The van der Waals surface area contributed by atoms with Gasteiger partial charge in [0.1, 0.15) is 11.3 Å². The van der Waals surface area contributed by atoms with Crippen molar-refractivity contribution in [3.63, 3.8) is 0 Å². The number of para-hydroxylation sites is 1. The van der Waals surface area contributed by atoms with Crippen LogP contribution in [-0.2, 0) is 4.74 Å². The second-order valence-electron chi connectivity index (χ2n) is 7.80. The third-order valence-electron chi connectivity index (χ3n) is 5.50. The first-order valence-electron chi connectivity index (χ1n) is 10.6. The smallest absolute Gasteiger partial charge is 0.255 e. The summed E-state index contributed by atoms with van der Waals surface area (Å²) in [7, 11) is 0. The lowest BCUT2D eigenvalue weighted by atomic mass is 9.89. The fourth-order valence-corrected chi connectivity index (χ4v) is 4.96. The number of hydrogen-bond donors (Lipinski definition) is 3. The summed E-state index contributed by atoms with van der Waals surface area (Å²) in [5.41, 5.74) is 9.07. The van der Waals surface area contributed by atoms with Gasteiger partial charge >= 0.3 is 0 Å². The minimum atomic E-state index is -0.138. The van der Waals surface area contributed by atoms with E-state index < -0.39 is 0 Å². The molecule has 168 valence electrons. The molecule has 5 nitrogen and oxygen atoms in total. The molecule has 4 N–H and O–H groups in total. The highest BCUT2D eigenvalue weighted by Gasteiger charge is 2.29. The average Bonchev–Trinajstić information content (AvgIpc) is 3.26. The molecule has 2 unspecified atom stereocenters. The van der Waals surface area contributed by atoms with Gasteiger partial charge in [0, 0.05) is 22.7 Å². The van der Waals surface area contributed by atoms with E-state index in [0.717, 1.165) is 40.6 Å².